The van der Waals surface area contributed by atoms with Gasteiger partial charge in [-0.05, 0) is 24.8 Å². The van der Waals surface area contributed by atoms with Crippen molar-refractivity contribution in [2.75, 3.05) is 0 Å². The van der Waals surface area contributed by atoms with Gasteiger partial charge in [-0.15, -0.1) is 0 Å². The van der Waals surface area contributed by atoms with Crippen LogP contribution in [0.5, 0.6) is 0 Å². The molecule has 118 valence electrons. The van der Waals surface area contributed by atoms with E-state index in [9.17, 15) is 9.59 Å². The topological polar surface area (TPSA) is 34.1 Å². The zero-order valence-electron chi connectivity index (χ0n) is 14.6. The number of carbonyl (C=O) groups is 2. The Morgan fingerprint density at radius 1 is 0.952 bits per heavy atom. The fourth-order valence-electron chi connectivity index (χ4n) is 2.22. The summed E-state index contributed by atoms with van der Waals surface area (Å²) in [6.07, 6.45) is 0.757. The lowest BCUT2D eigenvalue weighted by Crippen LogP contribution is -2.26. The minimum atomic E-state index is 0.0585. The summed E-state index contributed by atoms with van der Waals surface area (Å²) in [6, 6.07) is 7.60. The zero-order valence-corrected chi connectivity index (χ0v) is 14.6. The van der Waals surface area contributed by atoms with Crippen molar-refractivity contribution in [3.63, 3.8) is 0 Å². The van der Waals surface area contributed by atoms with Crippen molar-refractivity contribution in [2.24, 2.45) is 17.8 Å². The van der Waals surface area contributed by atoms with E-state index in [1.165, 1.54) is 0 Å². The molecule has 0 saturated heterocycles. The molecule has 1 atom stereocenters. The smallest absolute Gasteiger partial charge is 0.159 e. The highest BCUT2D eigenvalue weighted by atomic mass is 16.1. The van der Waals surface area contributed by atoms with Gasteiger partial charge in [0.15, 0.2) is 5.78 Å². The molecule has 1 aromatic rings. The molecule has 0 aliphatic carbocycles. The maximum Gasteiger partial charge on any atom is 0.159 e. The number of hydrogen-bond donors (Lipinski definition) is 0. The van der Waals surface area contributed by atoms with Gasteiger partial charge in [0.05, 0.1) is 0 Å². The van der Waals surface area contributed by atoms with Gasteiger partial charge in [0, 0.05) is 17.4 Å². The Balaban J connectivity index is 0.00000191. The van der Waals surface area contributed by atoms with E-state index < -0.39 is 0 Å². The Morgan fingerprint density at radius 3 is 1.76 bits per heavy atom. The van der Waals surface area contributed by atoms with Crippen molar-refractivity contribution >= 4 is 11.6 Å². The fourth-order valence-corrected chi connectivity index (χ4v) is 2.22. The summed E-state index contributed by atoms with van der Waals surface area (Å²) >= 11 is 0. The first kappa shape index (κ1) is 19.6. The van der Waals surface area contributed by atoms with Crippen LogP contribution in [0.4, 0.5) is 0 Å². The molecular formula is C19H30O2. The predicted octanol–water partition coefficient (Wildman–Crippen LogP) is 4.96. The van der Waals surface area contributed by atoms with E-state index >= 15 is 0 Å². The molecule has 0 aliphatic rings. The molecule has 0 heterocycles. The number of carbonyl (C=O) groups excluding carboxylic acids is 2. The van der Waals surface area contributed by atoms with Gasteiger partial charge in [0.25, 0.3) is 0 Å². The molecule has 21 heavy (non-hydrogen) atoms. The van der Waals surface area contributed by atoms with Crippen LogP contribution in [-0.2, 0) is 11.2 Å². The molecule has 0 amide bonds. The van der Waals surface area contributed by atoms with Gasteiger partial charge >= 0.3 is 0 Å². The highest BCUT2D eigenvalue weighted by molar-refractivity contribution is 5.94. The third kappa shape index (κ3) is 6.24. The number of benzene rings is 1. The molecule has 0 saturated carbocycles. The van der Waals surface area contributed by atoms with Crippen LogP contribution in [0.3, 0.4) is 0 Å². The average Bonchev–Trinajstić information content (AvgIpc) is 2.46. The van der Waals surface area contributed by atoms with Gasteiger partial charge in [0.1, 0.15) is 5.78 Å². The lowest BCUT2D eigenvalue weighted by molar-refractivity contribution is -0.127. The summed E-state index contributed by atoms with van der Waals surface area (Å²) in [5, 5.41) is 0. The molecular weight excluding hydrogens is 260 g/mol. The van der Waals surface area contributed by atoms with E-state index in [0.29, 0.717) is 11.7 Å². The highest BCUT2D eigenvalue weighted by Gasteiger charge is 2.24. The maximum absolute atomic E-state index is 12.2. The molecule has 0 fully saturated rings. The maximum atomic E-state index is 12.2. The van der Waals surface area contributed by atoms with E-state index in [0.717, 1.165) is 17.5 Å². The second-order valence-electron chi connectivity index (χ2n) is 5.86. The van der Waals surface area contributed by atoms with Gasteiger partial charge in [-0.25, -0.2) is 0 Å². The van der Waals surface area contributed by atoms with Crippen LogP contribution >= 0.6 is 0 Å². The summed E-state index contributed by atoms with van der Waals surface area (Å²) in [5.74, 6) is 0.866. The Labute approximate surface area is 130 Å². The molecule has 0 N–H and O–H groups in total. The van der Waals surface area contributed by atoms with Gasteiger partial charge in [-0.2, -0.15) is 0 Å². The van der Waals surface area contributed by atoms with Crippen molar-refractivity contribution in [3.8, 4) is 0 Å². The molecule has 2 heteroatoms. The van der Waals surface area contributed by atoms with Crippen molar-refractivity contribution in [1.29, 1.82) is 0 Å². The first-order valence-electron chi connectivity index (χ1n) is 7.96. The van der Waals surface area contributed by atoms with Crippen LogP contribution < -0.4 is 0 Å². The van der Waals surface area contributed by atoms with Crippen LogP contribution in [0.15, 0.2) is 24.3 Å². The minimum Gasteiger partial charge on any atom is -0.299 e. The van der Waals surface area contributed by atoms with Crippen molar-refractivity contribution in [3.05, 3.63) is 35.4 Å². The normalized spacial score (nSPS) is 11.9. The number of Topliss-reactive ketones (excluding diaryl/α,β-unsaturated/α-hetero) is 2. The minimum absolute atomic E-state index is 0.0585. The molecule has 0 bridgehead atoms. The fraction of sp³-hybridized carbons (Fsp3) is 0.579. The van der Waals surface area contributed by atoms with E-state index in [4.69, 9.17) is 0 Å². The first-order valence-corrected chi connectivity index (χ1v) is 7.96. The Bertz CT molecular complexity index is 441. The third-order valence-electron chi connectivity index (χ3n) is 3.56. The van der Waals surface area contributed by atoms with E-state index in [-0.39, 0.29) is 17.6 Å². The lowest BCUT2D eigenvalue weighted by Gasteiger charge is -2.21. The summed E-state index contributed by atoms with van der Waals surface area (Å²) in [6.45, 7) is 13.7. The molecule has 0 radical (unpaired) electrons. The standard InChI is InChI=1S/C17H24O2.C2H6/c1-11(2)16(17(19)12(3)4)10-14-6-8-15(9-7-14)13(5)18;1-2/h6-9,11-12,16H,10H2,1-5H3;1-2H3. The second kappa shape index (κ2) is 9.49. The molecule has 1 rings (SSSR count). The Morgan fingerprint density at radius 2 is 1.43 bits per heavy atom. The van der Waals surface area contributed by atoms with Crippen LogP contribution in [0.2, 0.25) is 0 Å². The van der Waals surface area contributed by atoms with Crippen LogP contribution in [-0.4, -0.2) is 11.6 Å². The van der Waals surface area contributed by atoms with Gasteiger partial charge < -0.3 is 0 Å². The molecule has 0 aromatic heterocycles. The number of rotatable bonds is 6. The monoisotopic (exact) mass is 290 g/mol. The molecule has 2 nitrogen and oxygen atoms in total. The summed E-state index contributed by atoms with van der Waals surface area (Å²) in [7, 11) is 0. The van der Waals surface area contributed by atoms with Crippen molar-refractivity contribution in [2.45, 2.75) is 54.9 Å². The van der Waals surface area contributed by atoms with Crippen LogP contribution in [0, 0.1) is 17.8 Å². The summed E-state index contributed by atoms with van der Waals surface area (Å²) in [4.78, 5) is 23.4. The Hall–Kier alpha value is -1.44. The van der Waals surface area contributed by atoms with Crippen molar-refractivity contribution < 1.29 is 9.59 Å². The second-order valence-corrected chi connectivity index (χ2v) is 5.86. The van der Waals surface area contributed by atoms with Gasteiger partial charge in [0.2, 0.25) is 0 Å². The van der Waals surface area contributed by atoms with Crippen molar-refractivity contribution in [1.82, 2.24) is 0 Å². The van der Waals surface area contributed by atoms with Crippen LogP contribution in [0.1, 0.15) is 64.4 Å². The lowest BCUT2D eigenvalue weighted by atomic mass is 9.82. The number of ketones is 2. The Kier molecular flexibility index (Phi) is 8.84. The largest absolute Gasteiger partial charge is 0.299 e. The van der Waals surface area contributed by atoms with E-state index in [1.807, 2.05) is 52.0 Å². The SMILES string of the molecule is CC.CC(=O)c1ccc(CC(C(=O)C(C)C)C(C)C)cc1. The molecule has 1 aromatic carbocycles. The van der Waals surface area contributed by atoms with Gasteiger partial charge in [-0.1, -0.05) is 65.8 Å². The zero-order chi connectivity index (χ0) is 16.6. The highest BCUT2D eigenvalue weighted by Crippen LogP contribution is 2.22. The summed E-state index contributed by atoms with van der Waals surface area (Å²) in [5.41, 5.74) is 1.85. The van der Waals surface area contributed by atoms with E-state index in [2.05, 4.69) is 13.8 Å². The predicted molar refractivity (Wildman–Crippen MR) is 89.7 cm³/mol. The first-order chi connectivity index (χ1) is 9.82. The average molecular weight is 290 g/mol. The quantitative estimate of drug-likeness (QED) is 0.694. The molecule has 1 unspecified atom stereocenters. The van der Waals surface area contributed by atoms with E-state index in [1.54, 1.807) is 6.92 Å². The third-order valence-corrected chi connectivity index (χ3v) is 3.56. The van der Waals surface area contributed by atoms with Crippen LogP contribution in [0.25, 0.3) is 0 Å². The molecule has 0 aliphatic heterocycles. The number of hydrogen-bond acceptors (Lipinski definition) is 2. The summed E-state index contributed by atoms with van der Waals surface area (Å²) < 4.78 is 0. The van der Waals surface area contributed by atoms with Gasteiger partial charge in [-0.3, -0.25) is 9.59 Å². The molecule has 0 spiro atoms.